The van der Waals surface area contributed by atoms with E-state index in [2.05, 4.69) is 0 Å². The van der Waals surface area contributed by atoms with Crippen LogP contribution in [0.2, 0.25) is 0 Å². The fourth-order valence-corrected chi connectivity index (χ4v) is 2.92. The third-order valence-corrected chi connectivity index (χ3v) is 4.24. The molecule has 0 spiro atoms. The molecule has 0 atom stereocenters. The fourth-order valence-electron chi connectivity index (χ4n) is 2.16. The van der Waals surface area contributed by atoms with Crippen LogP contribution in [0.1, 0.15) is 31.4 Å². The minimum Gasteiger partial charge on any atom is -0.480 e. The van der Waals surface area contributed by atoms with E-state index in [0.29, 0.717) is 13.0 Å². The zero-order valence-electron chi connectivity index (χ0n) is 11.4. The quantitative estimate of drug-likeness (QED) is 0.816. The van der Waals surface area contributed by atoms with Gasteiger partial charge in [-0.3, -0.25) is 14.4 Å². The number of carbonyl (C=O) groups is 2. The number of aryl methyl sites for hydroxylation is 1. The Balaban J connectivity index is 1.85. The SMILES string of the molecule is Cc1csc(=O)n1CCCC(=O)N(CC(=O)O)C1CC1. The lowest BCUT2D eigenvalue weighted by Gasteiger charge is -2.20. The number of nitrogens with zero attached hydrogens (tertiary/aromatic N) is 2. The van der Waals surface area contributed by atoms with E-state index in [-0.39, 0.29) is 29.8 Å². The van der Waals surface area contributed by atoms with Crippen molar-refractivity contribution in [3.05, 3.63) is 20.7 Å². The first-order valence-electron chi connectivity index (χ1n) is 6.65. The number of aliphatic carboxylic acids is 1. The van der Waals surface area contributed by atoms with Crippen molar-refractivity contribution in [2.45, 2.75) is 45.2 Å². The van der Waals surface area contributed by atoms with Gasteiger partial charge in [0.2, 0.25) is 5.91 Å². The molecule has 0 bridgehead atoms. The van der Waals surface area contributed by atoms with Crippen LogP contribution in [0.4, 0.5) is 0 Å². The largest absolute Gasteiger partial charge is 0.480 e. The van der Waals surface area contributed by atoms with E-state index in [1.165, 1.54) is 4.90 Å². The highest BCUT2D eigenvalue weighted by atomic mass is 32.1. The van der Waals surface area contributed by atoms with Crippen molar-refractivity contribution in [1.82, 2.24) is 9.47 Å². The smallest absolute Gasteiger partial charge is 0.323 e. The van der Waals surface area contributed by atoms with Gasteiger partial charge in [0.05, 0.1) is 0 Å². The summed E-state index contributed by atoms with van der Waals surface area (Å²) in [5.74, 6) is -1.11. The number of carboxylic acids is 1. The standard InChI is InChI=1S/C13H18N2O4S/c1-9-8-20-13(19)14(9)6-2-3-11(16)15(7-12(17)18)10-4-5-10/h8,10H,2-7H2,1H3,(H,17,18). The van der Waals surface area contributed by atoms with Crippen molar-refractivity contribution < 1.29 is 14.7 Å². The summed E-state index contributed by atoms with van der Waals surface area (Å²) < 4.78 is 1.65. The maximum Gasteiger partial charge on any atom is 0.323 e. The van der Waals surface area contributed by atoms with Crippen LogP contribution in [0.5, 0.6) is 0 Å². The summed E-state index contributed by atoms with van der Waals surface area (Å²) in [6.07, 6.45) is 2.62. The molecule has 0 aliphatic heterocycles. The minimum atomic E-state index is -0.977. The van der Waals surface area contributed by atoms with Crippen LogP contribution in [-0.4, -0.2) is 39.0 Å². The molecule has 110 valence electrons. The van der Waals surface area contributed by atoms with Crippen LogP contribution < -0.4 is 4.87 Å². The Hall–Kier alpha value is -1.63. The molecule has 1 heterocycles. The predicted molar refractivity (Wildman–Crippen MR) is 74.9 cm³/mol. The summed E-state index contributed by atoms with van der Waals surface area (Å²) in [7, 11) is 0. The summed E-state index contributed by atoms with van der Waals surface area (Å²) in [4.78, 5) is 35.8. The van der Waals surface area contributed by atoms with E-state index >= 15 is 0 Å². The number of rotatable bonds is 7. The second kappa shape index (κ2) is 6.21. The summed E-state index contributed by atoms with van der Waals surface area (Å²) in [6.45, 7) is 2.15. The van der Waals surface area contributed by atoms with Crippen LogP contribution >= 0.6 is 11.3 Å². The van der Waals surface area contributed by atoms with Crippen LogP contribution in [0.25, 0.3) is 0 Å². The molecular formula is C13H18N2O4S. The first-order valence-corrected chi connectivity index (χ1v) is 7.53. The Kier molecular flexibility index (Phi) is 4.59. The van der Waals surface area contributed by atoms with Gasteiger partial charge in [-0.2, -0.15) is 0 Å². The number of carbonyl (C=O) groups excluding carboxylic acids is 1. The average Bonchev–Trinajstić information content (AvgIpc) is 3.17. The first kappa shape index (κ1) is 14.8. The van der Waals surface area contributed by atoms with Crippen LogP contribution in [0.3, 0.4) is 0 Å². The molecule has 1 saturated carbocycles. The third kappa shape index (κ3) is 3.69. The van der Waals surface area contributed by atoms with Gasteiger partial charge < -0.3 is 14.6 Å². The minimum absolute atomic E-state index is 0.0143. The summed E-state index contributed by atoms with van der Waals surface area (Å²) >= 11 is 1.15. The van der Waals surface area contributed by atoms with Crippen molar-refractivity contribution in [3.8, 4) is 0 Å². The zero-order chi connectivity index (χ0) is 14.7. The van der Waals surface area contributed by atoms with Gasteiger partial charge in [-0.15, -0.1) is 0 Å². The Morgan fingerprint density at radius 2 is 2.20 bits per heavy atom. The van der Waals surface area contributed by atoms with Gasteiger partial charge in [-0.1, -0.05) is 11.3 Å². The topological polar surface area (TPSA) is 79.6 Å². The van der Waals surface area contributed by atoms with Gasteiger partial charge in [0.15, 0.2) is 0 Å². The number of hydrogen-bond acceptors (Lipinski definition) is 4. The lowest BCUT2D eigenvalue weighted by Crippen LogP contribution is -2.37. The molecule has 1 aliphatic carbocycles. The van der Waals surface area contributed by atoms with E-state index < -0.39 is 5.97 Å². The van der Waals surface area contributed by atoms with Crippen LogP contribution in [-0.2, 0) is 16.1 Å². The molecule has 20 heavy (non-hydrogen) atoms. The molecule has 1 aliphatic rings. The molecule has 1 fully saturated rings. The predicted octanol–water partition coefficient (Wildman–Crippen LogP) is 1.07. The number of aromatic nitrogens is 1. The molecule has 1 amide bonds. The lowest BCUT2D eigenvalue weighted by atomic mass is 10.2. The van der Waals surface area contributed by atoms with Gasteiger partial charge in [0.1, 0.15) is 6.54 Å². The third-order valence-electron chi connectivity index (χ3n) is 3.36. The van der Waals surface area contributed by atoms with Crippen LogP contribution in [0.15, 0.2) is 10.2 Å². The van der Waals surface area contributed by atoms with Crippen LogP contribution in [0, 0.1) is 6.92 Å². The fraction of sp³-hybridized carbons (Fsp3) is 0.615. The number of carboxylic acid groups (broad SMARTS) is 1. The normalized spacial score (nSPS) is 14.2. The average molecular weight is 298 g/mol. The molecule has 1 aromatic heterocycles. The van der Waals surface area contributed by atoms with Gasteiger partial charge in [0, 0.05) is 30.1 Å². The number of thiazole rings is 1. The summed E-state index contributed by atoms with van der Waals surface area (Å²) in [5.41, 5.74) is 0.900. The zero-order valence-corrected chi connectivity index (χ0v) is 12.2. The van der Waals surface area contributed by atoms with Gasteiger partial charge in [-0.05, 0) is 26.2 Å². The molecule has 6 nitrogen and oxygen atoms in total. The molecular weight excluding hydrogens is 280 g/mol. The van der Waals surface area contributed by atoms with Crippen molar-refractivity contribution in [2.24, 2.45) is 0 Å². The number of hydrogen-bond donors (Lipinski definition) is 1. The molecule has 0 saturated heterocycles. The first-order chi connectivity index (χ1) is 9.49. The Morgan fingerprint density at radius 3 is 2.70 bits per heavy atom. The van der Waals surface area contributed by atoms with Crippen molar-refractivity contribution >= 4 is 23.2 Å². The Labute approximate surface area is 120 Å². The highest BCUT2D eigenvalue weighted by Gasteiger charge is 2.33. The van der Waals surface area contributed by atoms with E-state index in [1.54, 1.807) is 9.95 Å². The molecule has 0 aromatic carbocycles. The number of amides is 1. The molecule has 0 radical (unpaired) electrons. The van der Waals surface area contributed by atoms with Crippen molar-refractivity contribution in [2.75, 3.05) is 6.54 Å². The van der Waals surface area contributed by atoms with E-state index in [0.717, 1.165) is 29.9 Å². The summed E-state index contributed by atoms with van der Waals surface area (Å²) in [5, 5.41) is 10.6. The highest BCUT2D eigenvalue weighted by Crippen LogP contribution is 2.27. The Bertz CT molecular complexity index is 559. The van der Waals surface area contributed by atoms with Gasteiger partial charge in [-0.25, -0.2) is 0 Å². The summed E-state index contributed by atoms with van der Waals surface area (Å²) in [6, 6.07) is 0.101. The van der Waals surface area contributed by atoms with Gasteiger partial charge >= 0.3 is 10.8 Å². The highest BCUT2D eigenvalue weighted by molar-refractivity contribution is 7.07. The Morgan fingerprint density at radius 1 is 1.50 bits per heavy atom. The molecule has 1 N–H and O–H groups in total. The van der Waals surface area contributed by atoms with Crippen molar-refractivity contribution in [3.63, 3.8) is 0 Å². The lowest BCUT2D eigenvalue weighted by molar-refractivity contribution is -0.145. The molecule has 0 unspecified atom stereocenters. The second-order valence-electron chi connectivity index (χ2n) is 5.04. The molecule has 2 rings (SSSR count). The van der Waals surface area contributed by atoms with Crippen molar-refractivity contribution in [1.29, 1.82) is 0 Å². The molecule has 1 aromatic rings. The maximum atomic E-state index is 12.0. The van der Waals surface area contributed by atoms with E-state index in [4.69, 9.17) is 5.11 Å². The monoisotopic (exact) mass is 298 g/mol. The second-order valence-corrected chi connectivity index (χ2v) is 5.87. The van der Waals surface area contributed by atoms with Gasteiger partial charge in [0.25, 0.3) is 0 Å². The van der Waals surface area contributed by atoms with E-state index in [9.17, 15) is 14.4 Å². The molecule has 7 heteroatoms. The van der Waals surface area contributed by atoms with E-state index in [1.807, 2.05) is 6.92 Å². The maximum absolute atomic E-state index is 12.0.